The van der Waals surface area contributed by atoms with Crippen molar-refractivity contribution in [2.24, 2.45) is 0 Å². The van der Waals surface area contributed by atoms with E-state index in [4.69, 9.17) is 4.74 Å². The van der Waals surface area contributed by atoms with E-state index in [0.29, 0.717) is 32.4 Å². The van der Waals surface area contributed by atoms with Crippen LogP contribution in [-0.4, -0.2) is 25.0 Å². The summed E-state index contributed by atoms with van der Waals surface area (Å²) in [5.74, 6) is 0.902. The first-order valence-corrected chi connectivity index (χ1v) is 10.3. The van der Waals surface area contributed by atoms with Crippen molar-refractivity contribution >= 4 is 17.5 Å². The molecule has 0 atom stereocenters. The van der Waals surface area contributed by atoms with E-state index in [2.05, 4.69) is 43.5 Å². The van der Waals surface area contributed by atoms with Crippen LogP contribution in [0.5, 0.6) is 5.75 Å². The van der Waals surface area contributed by atoms with Gasteiger partial charge in [-0.15, -0.1) is 0 Å². The van der Waals surface area contributed by atoms with Crippen LogP contribution in [0, 0.1) is 20.8 Å². The molecule has 2 aromatic rings. The Balaban J connectivity index is 1.36. The number of hydrogen-bond donors (Lipinski definition) is 2. The highest BCUT2D eigenvalue weighted by molar-refractivity contribution is 5.94. The molecule has 29 heavy (non-hydrogen) atoms. The number of carbonyl (C=O) groups excluding carboxylic acids is 2. The number of fused-ring (bicyclic) bond motifs is 1. The fourth-order valence-corrected chi connectivity index (χ4v) is 3.89. The predicted molar refractivity (Wildman–Crippen MR) is 115 cm³/mol. The Morgan fingerprint density at radius 2 is 1.86 bits per heavy atom. The van der Waals surface area contributed by atoms with Gasteiger partial charge in [-0.25, -0.2) is 0 Å². The van der Waals surface area contributed by atoms with E-state index in [9.17, 15) is 9.59 Å². The van der Waals surface area contributed by atoms with Crippen molar-refractivity contribution in [2.45, 2.75) is 52.9 Å². The highest BCUT2D eigenvalue weighted by Crippen LogP contribution is 2.26. The van der Waals surface area contributed by atoms with Crippen LogP contribution >= 0.6 is 0 Å². The first-order valence-electron chi connectivity index (χ1n) is 10.3. The van der Waals surface area contributed by atoms with E-state index in [1.807, 2.05) is 18.2 Å². The molecule has 0 bridgehead atoms. The molecule has 0 fully saturated rings. The molecule has 0 saturated carbocycles. The van der Waals surface area contributed by atoms with Gasteiger partial charge in [0.15, 0.2) is 0 Å². The van der Waals surface area contributed by atoms with Crippen molar-refractivity contribution < 1.29 is 14.3 Å². The molecule has 1 aliphatic rings. The quantitative estimate of drug-likeness (QED) is 0.665. The lowest BCUT2D eigenvalue weighted by Gasteiger charge is -2.17. The summed E-state index contributed by atoms with van der Waals surface area (Å²) in [6, 6.07) is 10.1. The second-order valence-electron chi connectivity index (χ2n) is 7.80. The summed E-state index contributed by atoms with van der Waals surface area (Å²) < 4.78 is 5.77. The fourth-order valence-electron chi connectivity index (χ4n) is 3.89. The third-order valence-electron chi connectivity index (χ3n) is 5.33. The fraction of sp³-hybridized carbons (Fsp3) is 0.417. The van der Waals surface area contributed by atoms with Gasteiger partial charge in [0.1, 0.15) is 5.75 Å². The van der Waals surface area contributed by atoms with Gasteiger partial charge >= 0.3 is 0 Å². The molecule has 5 heteroatoms. The molecule has 0 unspecified atom stereocenters. The van der Waals surface area contributed by atoms with Gasteiger partial charge in [0.25, 0.3) is 0 Å². The summed E-state index contributed by atoms with van der Waals surface area (Å²) in [6.45, 7) is 7.51. The lowest BCUT2D eigenvalue weighted by Crippen LogP contribution is -2.26. The highest BCUT2D eigenvalue weighted by atomic mass is 16.5. The maximum absolute atomic E-state index is 12.1. The summed E-state index contributed by atoms with van der Waals surface area (Å²) in [4.78, 5) is 23.5. The molecular weight excluding hydrogens is 364 g/mol. The maximum Gasteiger partial charge on any atom is 0.224 e. The van der Waals surface area contributed by atoms with Crippen molar-refractivity contribution in [1.82, 2.24) is 5.32 Å². The minimum absolute atomic E-state index is 0.0594. The Kier molecular flexibility index (Phi) is 6.91. The second-order valence-corrected chi connectivity index (χ2v) is 7.80. The Labute approximate surface area is 172 Å². The number of nitrogens with one attached hydrogen (secondary N) is 2. The minimum atomic E-state index is 0.0594. The second kappa shape index (κ2) is 9.59. The van der Waals surface area contributed by atoms with E-state index in [-0.39, 0.29) is 11.8 Å². The van der Waals surface area contributed by atoms with Gasteiger partial charge in [0.05, 0.1) is 6.61 Å². The number of amides is 2. The number of anilines is 1. The third-order valence-corrected chi connectivity index (χ3v) is 5.33. The summed E-state index contributed by atoms with van der Waals surface area (Å²) in [6.07, 6.45) is 3.22. The molecular formula is C24H30N2O3. The van der Waals surface area contributed by atoms with Gasteiger partial charge in [-0.3, -0.25) is 9.59 Å². The van der Waals surface area contributed by atoms with Crippen LogP contribution in [0.2, 0.25) is 0 Å². The molecule has 2 amide bonds. The van der Waals surface area contributed by atoms with Crippen LogP contribution in [0.3, 0.4) is 0 Å². The molecule has 5 nitrogen and oxygen atoms in total. The Hall–Kier alpha value is -2.82. The first kappa shape index (κ1) is 20.9. The number of aryl methyl sites for hydroxylation is 4. The molecule has 2 N–H and O–H groups in total. The Morgan fingerprint density at radius 3 is 2.62 bits per heavy atom. The topological polar surface area (TPSA) is 67.4 Å². The maximum atomic E-state index is 12.1. The van der Waals surface area contributed by atoms with Crippen molar-refractivity contribution in [2.75, 3.05) is 18.5 Å². The standard InChI is InChI=1S/C24H30N2O3/c1-16-13-17(2)21(18(3)14-16)10-11-25-23(27)5-4-12-29-20-7-8-22-19(15-20)6-9-24(28)26-22/h7-8,13-15H,4-6,9-12H2,1-3H3,(H,25,27)(H,26,28). The number of carbonyl (C=O) groups is 2. The van der Waals surface area contributed by atoms with Crippen LogP contribution in [0.1, 0.15) is 47.1 Å². The number of ether oxygens (including phenoxy) is 1. The van der Waals surface area contributed by atoms with E-state index in [0.717, 1.165) is 29.8 Å². The summed E-state index contributed by atoms with van der Waals surface area (Å²) in [7, 11) is 0. The van der Waals surface area contributed by atoms with Crippen LogP contribution in [0.25, 0.3) is 0 Å². The zero-order valence-corrected chi connectivity index (χ0v) is 17.6. The first-order chi connectivity index (χ1) is 13.9. The van der Waals surface area contributed by atoms with E-state index in [1.165, 1.54) is 22.3 Å². The zero-order valence-electron chi connectivity index (χ0n) is 17.6. The van der Waals surface area contributed by atoms with Crippen molar-refractivity contribution in [3.8, 4) is 5.75 Å². The molecule has 0 aliphatic carbocycles. The van der Waals surface area contributed by atoms with Crippen LogP contribution < -0.4 is 15.4 Å². The number of hydrogen-bond acceptors (Lipinski definition) is 3. The normalized spacial score (nSPS) is 12.9. The molecule has 0 saturated heterocycles. The summed E-state index contributed by atoms with van der Waals surface area (Å²) in [5.41, 5.74) is 7.14. The van der Waals surface area contributed by atoms with Gasteiger partial charge < -0.3 is 15.4 Å². The van der Waals surface area contributed by atoms with Crippen LogP contribution in [0.4, 0.5) is 5.69 Å². The molecule has 1 heterocycles. The van der Waals surface area contributed by atoms with E-state index < -0.39 is 0 Å². The molecule has 0 spiro atoms. The number of benzene rings is 2. The average molecular weight is 395 g/mol. The van der Waals surface area contributed by atoms with Gasteiger partial charge in [-0.05, 0) is 80.5 Å². The molecule has 3 rings (SSSR count). The monoisotopic (exact) mass is 394 g/mol. The van der Waals surface area contributed by atoms with E-state index >= 15 is 0 Å². The predicted octanol–water partition coefficient (Wildman–Crippen LogP) is 4.01. The summed E-state index contributed by atoms with van der Waals surface area (Å²) >= 11 is 0. The van der Waals surface area contributed by atoms with Gasteiger partial charge in [-0.2, -0.15) is 0 Å². The van der Waals surface area contributed by atoms with E-state index in [1.54, 1.807) is 0 Å². The van der Waals surface area contributed by atoms with Crippen LogP contribution in [-0.2, 0) is 22.4 Å². The lowest BCUT2D eigenvalue weighted by atomic mass is 9.97. The SMILES string of the molecule is Cc1cc(C)c(CCNC(=O)CCCOc2ccc3c(c2)CCC(=O)N3)c(C)c1. The van der Waals surface area contributed by atoms with Crippen molar-refractivity contribution in [3.05, 3.63) is 58.1 Å². The smallest absolute Gasteiger partial charge is 0.224 e. The van der Waals surface area contributed by atoms with Crippen LogP contribution in [0.15, 0.2) is 30.3 Å². The zero-order chi connectivity index (χ0) is 20.8. The molecule has 154 valence electrons. The van der Waals surface area contributed by atoms with Gasteiger partial charge in [0.2, 0.25) is 11.8 Å². The van der Waals surface area contributed by atoms with Crippen molar-refractivity contribution in [1.29, 1.82) is 0 Å². The Morgan fingerprint density at radius 1 is 1.10 bits per heavy atom. The largest absolute Gasteiger partial charge is 0.494 e. The van der Waals surface area contributed by atoms with Gasteiger partial charge in [0, 0.05) is 25.1 Å². The van der Waals surface area contributed by atoms with Gasteiger partial charge in [-0.1, -0.05) is 17.7 Å². The lowest BCUT2D eigenvalue weighted by molar-refractivity contribution is -0.121. The summed E-state index contributed by atoms with van der Waals surface area (Å²) in [5, 5.41) is 5.87. The molecule has 0 aromatic heterocycles. The minimum Gasteiger partial charge on any atom is -0.494 e. The number of rotatable bonds is 8. The average Bonchev–Trinajstić information content (AvgIpc) is 2.67. The third kappa shape index (κ3) is 5.83. The molecule has 1 aliphatic heterocycles. The highest BCUT2D eigenvalue weighted by Gasteiger charge is 2.15. The Bertz CT molecular complexity index is 882. The molecule has 0 radical (unpaired) electrons. The van der Waals surface area contributed by atoms with Crippen molar-refractivity contribution in [3.63, 3.8) is 0 Å². The molecule has 2 aromatic carbocycles.